The molecule has 0 radical (unpaired) electrons. The van der Waals surface area contributed by atoms with Crippen molar-refractivity contribution < 1.29 is 37.0 Å². The van der Waals surface area contributed by atoms with E-state index in [0.717, 1.165) is 24.3 Å². The van der Waals surface area contributed by atoms with Crippen molar-refractivity contribution >= 4 is 11.8 Å². The van der Waals surface area contributed by atoms with E-state index < -0.39 is 23.6 Å². The summed E-state index contributed by atoms with van der Waals surface area (Å²) in [5.41, 5.74) is 2.66. The number of Topliss-reactive ketones (excluding diaryl/α,β-unsaturated/α-hetero) is 1. The maximum atomic E-state index is 13.1. The molecule has 0 unspecified atom stereocenters. The molecule has 190 valence electrons. The van der Waals surface area contributed by atoms with Gasteiger partial charge in [-0.3, -0.25) is 4.79 Å². The van der Waals surface area contributed by atoms with Crippen molar-refractivity contribution in [3.8, 4) is 11.5 Å². The number of ether oxygens (including phenoxy) is 3. The predicted octanol–water partition coefficient (Wildman–Crippen LogP) is 5.43. The Morgan fingerprint density at radius 1 is 1.11 bits per heavy atom. The minimum absolute atomic E-state index is 0.0414. The minimum atomic E-state index is -4.49. The van der Waals surface area contributed by atoms with E-state index in [1.165, 1.54) is 26.4 Å². The first-order valence-electron chi connectivity index (χ1n) is 11.4. The number of carbonyl (C=O) groups excluding carboxylic acids is 2. The van der Waals surface area contributed by atoms with Crippen LogP contribution in [0.15, 0.2) is 65.0 Å². The van der Waals surface area contributed by atoms with Gasteiger partial charge in [0, 0.05) is 34.9 Å². The Labute approximate surface area is 206 Å². The van der Waals surface area contributed by atoms with E-state index in [0.29, 0.717) is 46.6 Å². The molecule has 2 aliphatic rings. The number of rotatable bonds is 6. The SMILES string of the molecule is COC(=O)C1=C(C)NC2=C(C(=O)CCC2)[C@@H]1c1ccc(OC)c(COc2cccc(C(F)(F)F)c2)c1. The van der Waals surface area contributed by atoms with Crippen LogP contribution < -0.4 is 14.8 Å². The summed E-state index contributed by atoms with van der Waals surface area (Å²) in [6, 6.07) is 9.84. The molecule has 0 saturated heterocycles. The number of hydrogen-bond donors (Lipinski definition) is 1. The van der Waals surface area contributed by atoms with Gasteiger partial charge in [-0.1, -0.05) is 12.1 Å². The van der Waals surface area contributed by atoms with Gasteiger partial charge in [-0.2, -0.15) is 13.2 Å². The van der Waals surface area contributed by atoms with Gasteiger partial charge in [0.2, 0.25) is 0 Å². The van der Waals surface area contributed by atoms with Crippen molar-refractivity contribution in [3.05, 3.63) is 81.7 Å². The molecule has 1 heterocycles. The Bertz CT molecular complexity index is 1260. The van der Waals surface area contributed by atoms with Gasteiger partial charge in [0.1, 0.15) is 18.1 Å². The fourth-order valence-electron chi connectivity index (χ4n) is 4.71. The van der Waals surface area contributed by atoms with Crippen molar-refractivity contribution in [2.75, 3.05) is 14.2 Å². The van der Waals surface area contributed by atoms with Crippen molar-refractivity contribution in [2.45, 2.75) is 44.9 Å². The molecule has 0 fully saturated rings. The van der Waals surface area contributed by atoms with Crippen LogP contribution in [0, 0.1) is 0 Å². The number of carbonyl (C=O) groups is 2. The van der Waals surface area contributed by atoms with Gasteiger partial charge in [0.25, 0.3) is 0 Å². The first-order valence-corrected chi connectivity index (χ1v) is 11.4. The molecule has 36 heavy (non-hydrogen) atoms. The third kappa shape index (κ3) is 4.96. The number of ketones is 1. The molecule has 0 aromatic heterocycles. The average molecular weight is 502 g/mol. The highest BCUT2D eigenvalue weighted by Gasteiger charge is 2.39. The molecule has 1 N–H and O–H groups in total. The van der Waals surface area contributed by atoms with Crippen LogP contribution in [0.25, 0.3) is 0 Å². The van der Waals surface area contributed by atoms with E-state index in [1.54, 1.807) is 25.1 Å². The normalized spacial score (nSPS) is 17.9. The molecule has 0 saturated carbocycles. The van der Waals surface area contributed by atoms with E-state index in [2.05, 4.69) is 5.32 Å². The Morgan fingerprint density at radius 2 is 1.89 bits per heavy atom. The van der Waals surface area contributed by atoms with E-state index in [-0.39, 0.29) is 18.1 Å². The molecular weight excluding hydrogens is 475 g/mol. The molecule has 4 rings (SSSR count). The zero-order valence-electron chi connectivity index (χ0n) is 20.1. The summed E-state index contributed by atoms with van der Waals surface area (Å²) in [4.78, 5) is 25.8. The number of halogens is 3. The second-order valence-corrected chi connectivity index (χ2v) is 8.64. The summed E-state index contributed by atoms with van der Waals surface area (Å²) in [6.45, 7) is 1.68. The fraction of sp³-hybridized carbons (Fsp3) is 0.333. The topological polar surface area (TPSA) is 73.9 Å². The monoisotopic (exact) mass is 501 g/mol. The van der Waals surface area contributed by atoms with E-state index >= 15 is 0 Å². The quantitative estimate of drug-likeness (QED) is 0.532. The number of alkyl halides is 3. The lowest BCUT2D eigenvalue weighted by molar-refractivity contribution is -0.138. The Balaban J connectivity index is 1.73. The molecular formula is C27H26F3NO5. The molecule has 0 amide bonds. The molecule has 2 aromatic rings. The minimum Gasteiger partial charge on any atom is -0.496 e. The van der Waals surface area contributed by atoms with E-state index in [1.807, 2.05) is 0 Å². The summed E-state index contributed by atoms with van der Waals surface area (Å²) >= 11 is 0. The van der Waals surface area contributed by atoms with Gasteiger partial charge < -0.3 is 19.5 Å². The second kappa shape index (κ2) is 10.1. The van der Waals surface area contributed by atoms with Gasteiger partial charge in [-0.25, -0.2) is 4.79 Å². The number of esters is 1. The summed E-state index contributed by atoms with van der Waals surface area (Å²) in [7, 11) is 2.76. The van der Waals surface area contributed by atoms with E-state index in [9.17, 15) is 22.8 Å². The van der Waals surface area contributed by atoms with Crippen LogP contribution in [-0.2, 0) is 27.1 Å². The molecule has 1 aliphatic carbocycles. The molecule has 0 bridgehead atoms. The van der Waals surface area contributed by atoms with Crippen LogP contribution in [0.4, 0.5) is 13.2 Å². The Kier molecular flexibility index (Phi) is 7.10. The highest BCUT2D eigenvalue weighted by Crippen LogP contribution is 2.43. The second-order valence-electron chi connectivity index (χ2n) is 8.64. The number of hydrogen-bond acceptors (Lipinski definition) is 6. The predicted molar refractivity (Wildman–Crippen MR) is 125 cm³/mol. The maximum Gasteiger partial charge on any atom is 0.416 e. The maximum absolute atomic E-state index is 13.1. The van der Waals surface area contributed by atoms with Gasteiger partial charge in [0.15, 0.2) is 5.78 Å². The summed E-state index contributed by atoms with van der Waals surface area (Å²) < 4.78 is 55.4. The van der Waals surface area contributed by atoms with E-state index in [4.69, 9.17) is 14.2 Å². The largest absolute Gasteiger partial charge is 0.496 e. The Morgan fingerprint density at radius 3 is 2.58 bits per heavy atom. The molecule has 1 atom stereocenters. The molecule has 9 heteroatoms. The first-order chi connectivity index (χ1) is 17.1. The summed E-state index contributed by atoms with van der Waals surface area (Å²) in [6.07, 6.45) is -2.70. The lowest BCUT2D eigenvalue weighted by Crippen LogP contribution is -2.34. The van der Waals surface area contributed by atoms with Crippen LogP contribution in [0.1, 0.15) is 48.8 Å². The zero-order valence-corrected chi connectivity index (χ0v) is 20.1. The molecule has 1 aliphatic heterocycles. The van der Waals surface area contributed by atoms with Crippen molar-refractivity contribution in [1.29, 1.82) is 0 Å². The number of nitrogens with one attached hydrogen (secondary N) is 1. The lowest BCUT2D eigenvalue weighted by atomic mass is 9.75. The number of benzene rings is 2. The fourth-order valence-corrected chi connectivity index (χ4v) is 4.71. The Hall–Kier alpha value is -3.75. The van der Waals surface area contributed by atoms with Crippen LogP contribution in [0.2, 0.25) is 0 Å². The molecule has 6 nitrogen and oxygen atoms in total. The van der Waals surface area contributed by atoms with Crippen molar-refractivity contribution in [2.24, 2.45) is 0 Å². The van der Waals surface area contributed by atoms with Crippen molar-refractivity contribution in [1.82, 2.24) is 5.32 Å². The zero-order chi connectivity index (χ0) is 26.0. The smallest absolute Gasteiger partial charge is 0.416 e. The van der Waals surface area contributed by atoms with Crippen LogP contribution >= 0.6 is 0 Å². The van der Waals surface area contributed by atoms with Crippen LogP contribution in [0.5, 0.6) is 11.5 Å². The van der Waals surface area contributed by atoms with Crippen molar-refractivity contribution in [3.63, 3.8) is 0 Å². The average Bonchev–Trinajstić information content (AvgIpc) is 2.86. The third-order valence-electron chi connectivity index (χ3n) is 6.37. The molecule has 0 spiro atoms. The van der Waals surface area contributed by atoms with Gasteiger partial charge >= 0.3 is 12.1 Å². The third-order valence-corrected chi connectivity index (χ3v) is 6.37. The van der Waals surface area contributed by atoms with Crippen LogP contribution in [0.3, 0.4) is 0 Å². The summed E-state index contributed by atoms with van der Waals surface area (Å²) in [5, 5.41) is 3.21. The molecule has 2 aromatic carbocycles. The number of dihydropyridines is 1. The van der Waals surface area contributed by atoms with Gasteiger partial charge in [0.05, 0.1) is 25.4 Å². The van der Waals surface area contributed by atoms with Crippen LogP contribution in [-0.4, -0.2) is 26.0 Å². The van der Waals surface area contributed by atoms with Gasteiger partial charge in [-0.15, -0.1) is 0 Å². The standard InChI is InChI=1S/C27H26F3NO5/c1-15-23(26(33)35-3)24(25-20(31-15)8-5-9-21(25)32)16-10-11-22(34-2)17(12-16)14-36-19-7-4-6-18(13-19)27(28,29)30/h4,6-7,10-13,24,31H,5,8-9,14H2,1-3H3/t24-/m1/s1. The summed E-state index contributed by atoms with van der Waals surface area (Å²) in [5.74, 6) is -0.728. The highest BCUT2D eigenvalue weighted by atomic mass is 19.4. The highest BCUT2D eigenvalue weighted by molar-refractivity contribution is 6.03. The van der Waals surface area contributed by atoms with Gasteiger partial charge in [-0.05, 0) is 55.7 Å². The number of allylic oxidation sites excluding steroid dienone is 3. The first kappa shape index (κ1) is 25.3. The lowest BCUT2D eigenvalue weighted by Gasteiger charge is -2.34. The number of methoxy groups -OCH3 is 2.